The van der Waals surface area contributed by atoms with Crippen LogP contribution in [0, 0.1) is 6.92 Å². The molecule has 0 saturated carbocycles. The molecule has 0 aliphatic carbocycles. The first-order chi connectivity index (χ1) is 12.0. The number of nitrogens with zero attached hydrogens (tertiary/aromatic N) is 2. The number of oxazole rings is 1. The van der Waals surface area contributed by atoms with Crippen LogP contribution in [0.5, 0.6) is 0 Å². The zero-order chi connectivity index (χ0) is 17.8. The summed E-state index contributed by atoms with van der Waals surface area (Å²) in [6, 6.07) is 11.7. The lowest BCUT2D eigenvalue weighted by molar-refractivity contribution is -0.113. The van der Waals surface area contributed by atoms with E-state index in [4.69, 9.17) is 4.42 Å². The number of carbonyl (C=O) groups excluding carboxylic acids is 1. The molecular weight excluding hydrogens is 334 g/mol. The monoisotopic (exact) mass is 355 g/mol. The molecule has 5 nitrogen and oxygen atoms in total. The number of aromatic nitrogens is 2. The summed E-state index contributed by atoms with van der Waals surface area (Å²) in [6.45, 7) is 6.27. The number of rotatable bonds is 6. The number of thioether (sulfide) groups is 1. The second kappa shape index (κ2) is 7.70. The van der Waals surface area contributed by atoms with Gasteiger partial charge < -0.3 is 9.73 Å². The first-order valence-corrected chi connectivity index (χ1v) is 9.30. The number of hydrogen-bond donors (Lipinski definition) is 1. The largest absolute Gasteiger partial charge is 0.430 e. The average molecular weight is 355 g/mol. The topological polar surface area (TPSA) is 68.0 Å². The fraction of sp³-hybridized carbons (Fsp3) is 0.316. The molecule has 1 N–H and O–H groups in total. The predicted octanol–water partition coefficient (Wildman–Crippen LogP) is 4.78. The van der Waals surface area contributed by atoms with E-state index in [1.165, 1.54) is 17.3 Å². The van der Waals surface area contributed by atoms with Crippen LogP contribution in [0.4, 0.5) is 5.69 Å². The molecule has 1 atom stereocenters. The number of benzene rings is 1. The Labute approximate surface area is 151 Å². The van der Waals surface area contributed by atoms with Crippen molar-refractivity contribution >= 4 is 34.6 Å². The highest BCUT2D eigenvalue weighted by Gasteiger charge is 2.11. The molecule has 0 fully saturated rings. The highest BCUT2D eigenvalue weighted by atomic mass is 32.2. The lowest BCUT2D eigenvalue weighted by Gasteiger charge is -2.10. The first-order valence-electron chi connectivity index (χ1n) is 8.32. The van der Waals surface area contributed by atoms with Gasteiger partial charge in [0.25, 0.3) is 5.22 Å². The summed E-state index contributed by atoms with van der Waals surface area (Å²) in [5.41, 5.74) is 4.17. The fourth-order valence-electron chi connectivity index (χ4n) is 2.41. The maximum atomic E-state index is 12.1. The predicted molar refractivity (Wildman–Crippen MR) is 101 cm³/mol. The molecule has 6 heteroatoms. The van der Waals surface area contributed by atoms with E-state index in [0.717, 1.165) is 17.8 Å². The SMILES string of the molecule is CCC(C)c1ccc(NC(=O)CSc2nc3nc(C)ccc3o2)cc1. The van der Waals surface area contributed by atoms with E-state index in [-0.39, 0.29) is 11.7 Å². The van der Waals surface area contributed by atoms with E-state index >= 15 is 0 Å². The van der Waals surface area contributed by atoms with Crippen LogP contribution >= 0.6 is 11.8 Å². The third kappa shape index (κ3) is 4.39. The second-order valence-corrected chi connectivity index (χ2v) is 6.95. The normalized spacial score (nSPS) is 12.3. The summed E-state index contributed by atoms with van der Waals surface area (Å²) < 4.78 is 5.59. The summed E-state index contributed by atoms with van der Waals surface area (Å²) in [5.74, 6) is 0.670. The highest BCUT2D eigenvalue weighted by Crippen LogP contribution is 2.23. The molecule has 1 unspecified atom stereocenters. The van der Waals surface area contributed by atoms with Gasteiger partial charge in [-0.05, 0) is 49.1 Å². The van der Waals surface area contributed by atoms with E-state index < -0.39 is 0 Å². The number of nitrogens with one attached hydrogen (secondary N) is 1. The second-order valence-electron chi connectivity index (χ2n) is 6.02. The molecule has 0 bridgehead atoms. The van der Waals surface area contributed by atoms with Crippen LogP contribution < -0.4 is 5.32 Å². The molecule has 1 amide bonds. The molecule has 1 aromatic carbocycles. The van der Waals surface area contributed by atoms with Crippen LogP contribution in [0.3, 0.4) is 0 Å². The molecule has 0 aliphatic heterocycles. The van der Waals surface area contributed by atoms with Gasteiger partial charge in [-0.25, -0.2) is 4.98 Å². The Hall–Kier alpha value is -2.34. The average Bonchev–Trinajstić information content (AvgIpc) is 3.02. The van der Waals surface area contributed by atoms with E-state index in [1.54, 1.807) is 0 Å². The molecule has 0 spiro atoms. The van der Waals surface area contributed by atoms with Crippen molar-refractivity contribution in [1.82, 2.24) is 9.97 Å². The van der Waals surface area contributed by atoms with Crippen molar-refractivity contribution in [2.45, 2.75) is 38.3 Å². The standard InChI is InChI=1S/C19H21N3O2S/c1-4-12(2)14-6-8-15(9-7-14)21-17(23)11-25-19-22-18-16(24-19)10-5-13(3)20-18/h5-10,12H,4,11H2,1-3H3,(H,21,23). The fourth-order valence-corrected chi connectivity index (χ4v) is 3.04. The molecule has 3 rings (SSSR count). The van der Waals surface area contributed by atoms with E-state index in [2.05, 4.69) is 41.3 Å². The van der Waals surface area contributed by atoms with Gasteiger partial charge in [0, 0.05) is 11.4 Å². The van der Waals surface area contributed by atoms with Crippen molar-refractivity contribution in [3.05, 3.63) is 47.7 Å². The van der Waals surface area contributed by atoms with Crippen molar-refractivity contribution in [1.29, 1.82) is 0 Å². The smallest absolute Gasteiger partial charge is 0.258 e. The van der Waals surface area contributed by atoms with Gasteiger partial charge in [0.2, 0.25) is 5.91 Å². The summed E-state index contributed by atoms with van der Waals surface area (Å²) >= 11 is 1.26. The van der Waals surface area contributed by atoms with Crippen molar-refractivity contribution < 1.29 is 9.21 Å². The molecule has 2 heterocycles. The van der Waals surface area contributed by atoms with Crippen molar-refractivity contribution in [2.24, 2.45) is 0 Å². The lowest BCUT2D eigenvalue weighted by Crippen LogP contribution is -2.14. The quantitative estimate of drug-likeness (QED) is 0.645. The summed E-state index contributed by atoms with van der Waals surface area (Å²) in [5, 5.41) is 3.35. The number of fused-ring (bicyclic) bond motifs is 1. The van der Waals surface area contributed by atoms with Crippen LogP contribution in [-0.2, 0) is 4.79 Å². The molecule has 130 valence electrons. The van der Waals surface area contributed by atoms with Crippen molar-refractivity contribution in [3.8, 4) is 0 Å². The minimum absolute atomic E-state index is 0.0901. The van der Waals surface area contributed by atoms with Gasteiger partial charge in [-0.15, -0.1) is 0 Å². The molecule has 25 heavy (non-hydrogen) atoms. The Morgan fingerprint density at radius 1 is 1.20 bits per heavy atom. The van der Waals surface area contributed by atoms with Crippen LogP contribution in [0.15, 0.2) is 46.0 Å². The number of amides is 1. The van der Waals surface area contributed by atoms with Gasteiger partial charge in [0.05, 0.1) is 5.75 Å². The zero-order valence-corrected chi connectivity index (χ0v) is 15.4. The van der Waals surface area contributed by atoms with E-state index in [9.17, 15) is 4.79 Å². The van der Waals surface area contributed by atoms with Crippen LogP contribution in [0.25, 0.3) is 11.2 Å². The van der Waals surface area contributed by atoms with Crippen LogP contribution in [0.2, 0.25) is 0 Å². The minimum Gasteiger partial charge on any atom is -0.430 e. The Kier molecular flexibility index (Phi) is 5.38. The third-order valence-electron chi connectivity index (χ3n) is 4.08. The Morgan fingerprint density at radius 3 is 2.68 bits per heavy atom. The third-order valence-corrected chi connectivity index (χ3v) is 4.90. The number of pyridine rings is 1. The number of hydrogen-bond acceptors (Lipinski definition) is 5. The Morgan fingerprint density at radius 2 is 1.96 bits per heavy atom. The molecule has 0 radical (unpaired) electrons. The maximum absolute atomic E-state index is 12.1. The number of carbonyl (C=O) groups is 1. The van der Waals surface area contributed by atoms with Crippen molar-refractivity contribution in [3.63, 3.8) is 0 Å². The highest BCUT2D eigenvalue weighted by molar-refractivity contribution is 7.99. The van der Waals surface area contributed by atoms with Crippen LogP contribution in [0.1, 0.15) is 37.4 Å². The summed E-state index contributed by atoms with van der Waals surface area (Å²) in [6.07, 6.45) is 1.10. The van der Waals surface area contributed by atoms with Gasteiger partial charge in [-0.2, -0.15) is 4.98 Å². The lowest BCUT2D eigenvalue weighted by atomic mass is 9.99. The first kappa shape index (κ1) is 17.5. The Bertz CT molecular complexity index is 874. The van der Waals surface area contributed by atoms with Gasteiger partial charge in [0.15, 0.2) is 11.2 Å². The molecular formula is C19H21N3O2S. The van der Waals surface area contributed by atoms with Crippen molar-refractivity contribution in [2.75, 3.05) is 11.1 Å². The molecule has 3 aromatic rings. The van der Waals surface area contributed by atoms with Crippen LogP contribution in [-0.4, -0.2) is 21.6 Å². The van der Waals surface area contributed by atoms with E-state index in [0.29, 0.717) is 22.4 Å². The van der Waals surface area contributed by atoms with Gasteiger partial charge in [-0.3, -0.25) is 4.79 Å². The van der Waals surface area contributed by atoms with Gasteiger partial charge >= 0.3 is 0 Å². The number of anilines is 1. The maximum Gasteiger partial charge on any atom is 0.258 e. The van der Waals surface area contributed by atoms with Gasteiger partial charge in [0.1, 0.15) is 0 Å². The summed E-state index contributed by atoms with van der Waals surface area (Å²) in [4.78, 5) is 20.7. The number of aryl methyl sites for hydroxylation is 1. The molecule has 0 saturated heterocycles. The molecule has 0 aliphatic rings. The summed E-state index contributed by atoms with van der Waals surface area (Å²) in [7, 11) is 0. The Balaban J connectivity index is 1.56. The van der Waals surface area contributed by atoms with Gasteiger partial charge in [-0.1, -0.05) is 37.7 Å². The zero-order valence-electron chi connectivity index (χ0n) is 14.6. The molecule has 2 aromatic heterocycles. The minimum atomic E-state index is -0.0901. The van der Waals surface area contributed by atoms with E-state index in [1.807, 2.05) is 31.2 Å².